The van der Waals surface area contributed by atoms with Crippen molar-refractivity contribution >= 4 is 5.96 Å². The van der Waals surface area contributed by atoms with Crippen molar-refractivity contribution in [2.45, 2.75) is 20.4 Å². The van der Waals surface area contributed by atoms with Gasteiger partial charge in [-0.3, -0.25) is 0 Å². The molecule has 0 bridgehead atoms. The number of guanidine groups is 1. The van der Waals surface area contributed by atoms with Gasteiger partial charge in [0.05, 0.1) is 11.9 Å². The Hall–Kier alpha value is -2.30. The largest absolute Gasteiger partial charge is 0.370 e. The highest BCUT2D eigenvalue weighted by Crippen LogP contribution is 2.16. The van der Waals surface area contributed by atoms with Crippen molar-refractivity contribution in [3.05, 3.63) is 42.4 Å². The highest BCUT2D eigenvalue weighted by Gasteiger charge is 2.02. The first-order valence-corrected chi connectivity index (χ1v) is 6.78. The van der Waals surface area contributed by atoms with Crippen molar-refractivity contribution in [1.82, 2.24) is 15.3 Å². The fraction of sp³-hybridized carbons (Fsp3) is 0.333. The number of nitrogens with one attached hydrogen (secondary N) is 2. The molecule has 1 aromatic carbocycles. The van der Waals surface area contributed by atoms with E-state index in [1.165, 1.54) is 0 Å². The summed E-state index contributed by atoms with van der Waals surface area (Å²) in [5, 5.41) is 3.08. The average molecular weight is 271 g/mol. The third-order valence-electron chi connectivity index (χ3n) is 2.80. The molecule has 5 heteroatoms. The number of aliphatic imine (C=N–C) groups is 1. The molecular formula is C15H21N5. The van der Waals surface area contributed by atoms with E-state index in [2.05, 4.69) is 34.1 Å². The van der Waals surface area contributed by atoms with Crippen LogP contribution in [-0.2, 0) is 6.54 Å². The van der Waals surface area contributed by atoms with Crippen molar-refractivity contribution in [2.24, 2.45) is 16.6 Å². The lowest BCUT2D eigenvalue weighted by Gasteiger charge is -2.07. The summed E-state index contributed by atoms with van der Waals surface area (Å²) in [4.78, 5) is 11.8. The van der Waals surface area contributed by atoms with Crippen molar-refractivity contribution < 1.29 is 0 Å². The summed E-state index contributed by atoms with van der Waals surface area (Å²) in [6.07, 6.45) is 1.82. The molecule has 0 radical (unpaired) electrons. The number of nitrogens with zero attached hydrogens (tertiary/aromatic N) is 2. The van der Waals surface area contributed by atoms with Crippen molar-refractivity contribution in [1.29, 1.82) is 0 Å². The molecule has 2 rings (SSSR count). The van der Waals surface area contributed by atoms with Gasteiger partial charge in [0, 0.05) is 6.54 Å². The van der Waals surface area contributed by atoms with Crippen molar-refractivity contribution in [3.8, 4) is 11.3 Å². The van der Waals surface area contributed by atoms with E-state index in [9.17, 15) is 0 Å². The van der Waals surface area contributed by atoms with Gasteiger partial charge >= 0.3 is 0 Å². The SMILES string of the molecule is CC(C)CNC(N)=NCc1ncc(-c2ccccc2)[nH]1. The molecule has 1 heterocycles. The van der Waals surface area contributed by atoms with Crippen LogP contribution in [0.2, 0.25) is 0 Å². The number of nitrogens with two attached hydrogens (primary N) is 1. The van der Waals surface area contributed by atoms with Crippen LogP contribution in [-0.4, -0.2) is 22.5 Å². The van der Waals surface area contributed by atoms with Gasteiger partial charge in [0.2, 0.25) is 0 Å². The maximum absolute atomic E-state index is 5.78. The molecule has 5 nitrogen and oxygen atoms in total. The highest BCUT2D eigenvalue weighted by atomic mass is 15.1. The zero-order valence-corrected chi connectivity index (χ0v) is 11.9. The van der Waals surface area contributed by atoms with Crippen LogP contribution in [0.15, 0.2) is 41.5 Å². The first-order chi connectivity index (χ1) is 9.65. The first kappa shape index (κ1) is 14.1. The molecule has 0 atom stereocenters. The van der Waals surface area contributed by atoms with Crippen LogP contribution in [0.4, 0.5) is 0 Å². The third kappa shape index (κ3) is 4.12. The summed E-state index contributed by atoms with van der Waals surface area (Å²) in [6, 6.07) is 10.1. The normalized spacial score (nSPS) is 11.8. The molecule has 0 fully saturated rings. The summed E-state index contributed by atoms with van der Waals surface area (Å²) in [6.45, 7) is 5.52. The van der Waals surface area contributed by atoms with Crippen LogP contribution in [0.25, 0.3) is 11.3 Å². The molecular weight excluding hydrogens is 250 g/mol. The van der Waals surface area contributed by atoms with Crippen LogP contribution in [0.3, 0.4) is 0 Å². The van der Waals surface area contributed by atoms with Crippen molar-refractivity contribution in [2.75, 3.05) is 6.54 Å². The smallest absolute Gasteiger partial charge is 0.189 e. The second kappa shape index (κ2) is 6.75. The predicted molar refractivity (Wildman–Crippen MR) is 82.2 cm³/mol. The predicted octanol–water partition coefficient (Wildman–Crippen LogP) is 2.14. The molecule has 0 unspecified atom stereocenters. The Balaban J connectivity index is 1.95. The van der Waals surface area contributed by atoms with Gasteiger partial charge in [0.25, 0.3) is 0 Å². The molecule has 0 saturated heterocycles. The zero-order chi connectivity index (χ0) is 14.4. The molecule has 0 spiro atoms. The fourth-order valence-corrected chi connectivity index (χ4v) is 1.73. The Morgan fingerprint density at radius 3 is 2.80 bits per heavy atom. The molecule has 1 aromatic heterocycles. The molecule has 106 valence electrons. The van der Waals surface area contributed by atoms with Crippen LogP contribution in [0, 0.1) is 5.92 Å². The number of H-pyrrole nitrogens is 1. The van der Waals surface area contributed by atoms with Crippen LogP contribution in [0.1, 0.15) is 19.7 Å². The molecule has 0 aliphatic rings. The summed E-state index contributed by atoms with van der Waals surface area (Å²) in [7, 11) is 0. The third-order valence-corrected chi connectivity index (χ3v) is 2.80. The molecule has 0 amide bonds. The number of aromatic amines is 1. The van der Waals surface area contributed by atoms with E-state index in [0.717, 1.165) is 23.6 Å². The maximum atomic E-state index is 5.78. The van der Waals surface area contributed by atoms with Gasteiger partial charge in [-0.25, -0.2) is 9.98 Å². The quantitative estimate of drug-likeness (QED) is 0.576. The lowest BCUT2D eigenvalue weighted by molar-refractivity contribution is 0.621. The average Bonchev–Trinajstić information content (AvgIpc) is 2.93. The van der Waals surface area contributed by atoms with E-state index in [1.54, 1.807) is 0 Å². The summed E-state index contributed by atoms with van der Waals surface area (Å²) >= 11 is 0. The van der Waals surface area contributed by atoms with E-state index in [-0.39, 0.29) is 0 Å². The molecule has 0 aliphatic carbocycles. The molecule has 0 aliphatic heterocycles. The molecule has 2 aromatic rings. The van der Waals surface area contributed by atoms with E-state index < -0.39 is 0 Å². The molecule has 20 heavy (non-hydrogen) atoms. The molecule has 0 saturated carbocycles. The van der Waals surface area contributed by atoms with Gasteiger partial charge in [-0.1, -0.05) is 44.2 Å². The number of aromatic nitrogens is 2. The Labute approximate surface area is 119 Å². The van der Waals surface area contributed by atoms with Gasteiger partial charge < -0.3 is 16.0 Å². The number of rotatable bonds is 5. The minimum Gasteiger partial charge on any atom is -0.370 e. The highest BCUT2D eigenvalue weighted by molar-refractivity contribution is 5.77. The Bertz CT molecular complexity index is 557. The van der Waals surface area contributed by atoms with Gasteiger partial charge in [-0.2, -0.15) is 0 Å². The second-order valence-corrected chi connectivity index (χ2v) is 5.09. The van der Waals surface area contributed by atoms with Gasteiger partial charge in [0.15, 0.2) is 5.96 Å². The van der Waals surface area contributed by atoms with Crippen LogP contribution >= 0.6 is 0 Å². The van der Waals surface area contributed by atoms with Gasteiger partial charge in [-0.15, -0.1) is 0 Å². The zero-order valence-electron chi connectivity index (χ0n) is 11.9. The Kier molecular flexibility index (Phi) is 4.76. The van der Waals surface area contributed by atoms with E-state index >= 15 is 0 Å². The topological polar surface area (TPSA) is 79.1 Å². The monoisotopic (exact) mass is 271 g/mol. The summed E-state index contributed by atoms with van der Waals surface area (Å²) in [5.41, 5.74) is 7.89. The summed E-state index contributed by atoms with van der Waals surface area (Å²) in [5.74, 6) is 1.80. The molecule has 4 N–H and O–H groups in total. The fourth-order valence-electron chi connectivity index (χ4n) is 1.73. The number of imidazole rings is 1. The van der Waals surface area contributed by atoms with E-state index in [1.807, 2.05) is 36.5 Å². The second-order valence-electron chi connectivity index (χ2n) is 5.09. The minimum absolute atomic E-state index is 0.448. The number of hydrogen-bond donors (Lipinski definition) is 3. The van der Waals surface area contributed by atoms with Crippen LogP contribution < -0.4 is 11.1 Å². The number of hydrogen-bond acceptors (Lipinski definition) is 2. The van der Waals surface area contributed by atoms with Gasteiger partial charge in [-0.05, 0) is 11.5 Å². The number of benzene rings is 1. The van der Waals surface area contributed by atoms with Gasteiger partial charge in [0.1, 0.15) is 12.4 Å². The standard InChI is InChI=1S/C15H21N5/c1-11(2)8-18-15(16)19-10-14-17-9-13(20-14)12-6-4-3-5-7-12/h3-7,9,11H,8,10H2,1-2H3,(H,17,20)(H3,16,18,19). The van der Waals surface area contributed by atoms with Crippen LogP contribution in [0.5, 0.6) is 0 Å². The van der Waals surface area contributed by atoms with E-state index in [0.29, 0.717) is 18.4 Å². The Morgan fingerprint density at radius 2 is 2.10 bits per heavy atom. The van der Waals surface area contributed by atoms with Crippen molar-refractivity contribution in [3.63, 3.8) is 0 Å². The minimum atomic E-state index is 0.448. The van der Waals surface area contributed by atoms with E-state index in [4.69, 9.17) is 5.73 Å². The Morgan fingerprint density at radius 1 is 1.35 bits per heavy atom. The lowest BCUT2D eigenvalue weighted by Crippen LogP contribution is -2.34. The lowest BCUT2D eigenvalue weighted by atomic mass is 10.2. The maximum Gasteiger partial charge on any atom is 0.189 e. The first-order valence-electron chi connectivity index (χ1n) is 6.78. The summed E-state index contributed by atoms with van der Waals surface area (Å²) < 4.78 is 0.